The quantitative estimate of drug-likeness (QED) is 0.820. The molecule has 0 spiro atoms. The van der Waals surface area contributed by atoms with Crippen LogP contribution in [0.2, 0.25) is 0 Å². The SMILES string of the molecule is CCOCC(=O)N1CCN(c2ccc(C#N)c(C(F)(F)F)c2)CC1C(N)=O. The van der Waals surface area contributed by atoms with Gasteiger partial charge in [0.2, 0.25) is 11.8 Å². The number of carbonyl (C=O) groups excluding carboxylic acids is 2. The van der Waals surface area contributed by atoms with Gasteiger partial charge in [-0.15, -0.1) is 0 Å². The first-order chi connectivity index (χ1) is 12.7. The fourth-order valence-electron chi connectivity index (χ4n) is 2.89. The normalized spacial score (nSPS) is 17.5. The minimum absolute atomic E-state index is 0.0452. The van der Waals surface area contributed by atoms with E-state index in [1.165, 1.54) is 21.9 Å². The molecule has 1 aliphatic heterocycles. The molecule has 0 aromatic heterocycles. The first-order valence-corrected chi connectivity index (χ1v) is 8.21. The molecule has 1 saturated heterocycles. The number of hydrogen-bond acceptors (Lipinski definition) is 5. The van der Waals surface area contributed by atoms with Gasteiger partial charge in [0, 0.05) is 31.9 Å². The van der Waals surface area contributed by atoms with Crippen LogP contribution >= 0.6 is 0 Å². The van der Waals surface area contributed by atoms with Crippen LogP contribution < -0.4 is 10.6 Å². The molecule has 1 heterocycles. The molecule has 7 nitrogen and oxygen atoms in total. The van der Waals surface area contributed by atoms with E-state index >= 15 is 0 Å². The number of alkyl halides is 3. The Hall–Kier alpha value is -2.80. The Morgan fingerprint density at radius 2 is 2.07 bits per heavy atom. The van der Waals surface area contributed by atoms with Crippen molar-refractivity contribution < 1.29 is 27.5 Å². The molecule has 1 unspecified atom stereocenters. The second-order valence-corrected chi connectivity index (χ2v) is 5.93. The summed E-state index contributed by atoms with van der Waals surface area (Å²) in [6.45, 7) is 2.13. The molecule has 1 aliphatic rings. The van der Waals surface area contributed by atoms with Gasteiger partial charge in [-0.3, -0.25) is 9.59 Å². The van der Waals surface area contributed by atoms with Gasteiger partial charge in [-0.1, -0.05) is 0 Å². The summed E-state index contributed by atoms with van der Waals surface area (Å²) in [4.78, 5) is 26.8. The maximum absolute atomic E-state index is 13.2. The Morgan fingerprint density at radius 3 is 2.63 bits per heavy atom. The lowest BCUT2D eigenvalue weighted by molar-refractivity contribution is -0.143. The van der Waals surface area contributed by atoms with E-state index in [0.717, 1.165) is 12.1 Å². The van der Waals surface area contributed by atoms with Gasteiger partial charge in [0.1, 0.15) is 12.6 Å². The third kappa shape index (κ3) is 4.68. The van der Waals surface area contributed by atoms with E-state index in [0.29, 0.717) is 6.61 Å². The van der Waals surface area contributed by atoms with Crippen LogP contribution in [0.25, 0.3) is 0 Å². The molecule has 0 bridgehead atoms. The van der Waals surface area contributed by atoms with E-state index in [-0.39, 0.29) is 31.9 Å². The summed E-state index contributed by atoms with van der Waals surface area (Å²) in [6, 6.07) is 3.87. The molecular weight excluding hydrogens is 365 g/mol. The molecular formula is C17H19F3N4O3. The Labute approximate surface area is 154 Å². The Morgan fingerprint density at radius 1 is 1.37 bits per heavy atom. The van der Waals surface area contributed by atoms with Crippen LogP contribution in [0.15, 0.2) is 18.2 Å². The zero-order chi connectivity index (χ0) is 20.2. The van der Waals surface area contributed by atoms with E-state index in [4.69, 9.17) is 15.7 Å². The lowest BCUT2D eigenvalue weighted by Crippen LogP contribution is -2.60. The molecule has 2 rings (SSSR count). The highest BCUT2D eigenvalue weighted by molar-refractivity contribution is 5.88. The van der Waals surface area contributed by atoms with Gasteiger partial charge >= 0.3 is 6.18 Å². The first-order valence-electron chi connectivity index (χ1n) is 8.21. The summed E-state index contributed by atoms with van der Waals surface area (Å²) in [5, 5.41) is 8.88. The van der Waals surface area contributed by atoms with E-state index in [1.807, 2.05) is 0 Å². The number of nitriles is 1. The molecule has 1 fully saturated rings. The fraction of sp³-hybridized carbons (Fsp3) is 0.471. The second kappa shape index (κ2) is 8.26. The maximum Gasteiger partial charge on any atom is 0.417 e. The molecule has 27 heavy (non-hydrogen) atoms. The summed E-state index contributed by atoms with van der Waals surface area (Å²) in [7, 11) is 0. The zero-order valence-electron chi connectivity index (χ0n) is 14.6. The van der Waals surface area contributed by atoms with Crippen LogP contribution in [0, 0.1) is 11.3 Å². The minimum Gasteiger partial charge on any atom is -0.372 e. The monoisotopic (exact) mass is 384 g/mol. The van der Waals surface area contributed by atoms with Crippen LogP contribution in [0.4, 0.5) is 18.9 Å². The Bertz CT molecular complexity index is 761. The average molecular weight is 384 g/mol. The summed E-state index contributed by atoms with van der Waals surface area (Å²) >= 11 is 0. The molecule has 1 atom stereocenters. The molecule has 0 aliphatic carbocycles. The van der Waals surface area contributed by atoms with Crippen molar-refractivity contribution in [1.29, 1.82) is 5.26 Å². The average Bonchev–Trinajstić information content (AvgIpc) is 2.64. The smallest absolute Gasteiger partial charge is 0.372 e. The summed E-state index contributed by atoms with van der Waals surface area (Å²) in [6.07, 6.45) is -4.68. The molecule has 2 N–H and O–H groups in total. The van der Waals surface area contributed by atoms with E-state index < -0.39 is 35.2 Å². The molecule has 0 radical (unpaired) electrons. The van der Waals surface area contributed by atoms with Crippen molar-refractivity contribution in [2.45, 2.75) is 19.1 Å². The van der Waals surface area contributed by atoms with Crippen LogP contribution in [0.5, 0.6) is 0 Å². The summed E-state index contributed by atoms with van der Waals surface area (Å²) in [5.41, 5.74) is 4.05. The maximum atomic E-state index is 13.2. The predicted molar refractivity (Wildman–Crippen MR) is 89.6 cm³/mol. The molecule has 146 valence electrons. The number of amides is 2. The van der Waals surface area contributed by atoms with Crippen molar-refractivity contribution in [3.63, 3.8) is 0 Å². The highest BCUT2D eigenvalue weighted by atomic mass is 19.4. The van der Waals surface area contributed by atoms with E-state index in [1.54, 1.807) is 6.92 Å². The van der Waals surface area contributed by atoms with Gasteiger partial charge in [-0.2, -0.15) is 18.4 Å². The summed E-state index contributed by atoms with van der Waals surface area (Å²) < 4.78 is 44.5. The lowest BCUT2D eigenvalue weighted by Gasteiger charge is -2.41. The number of nitrogens with two attached hydrogens (primary N) is 1. The Kier molecular flexibility index (Phi) is 6.28. The standard InChI is InChI=1S/C17H19F3N4O3/c1-2-27-10-15(25)24-6-5-23(9-14(24)16(22)26)12-4-3-11(8-21)13(7-12)17(18,19)20/h3-4,7,14H,2,5-6,9-10H2,1H3,(H2,22,26). The van der Waals surface area contributed by atoms with Gasteiger partial charge < -0.3 is 20.3 Å². The van der Waals surface area contributed by atoms with Crippen LogP contribution in [0.1, 0.15) is 18.1 Å². The van der Waals surface area contributed by atoms with Crippen molar-refractivity contribution in [2.24, 2.45) is 5.73 Å². The number of hydrogen-bond donors (Lipinski definition) is 1. The predicted octanol–water partition coefficient (Wildman–Crippen LogP) is 1.12. The van der Waals surface area contributed by atoms with Gasteiger partial charge in [0.15, 0.2) is 0 Å². The third-order valence-electron chi connectivity index (χ3n) is 4.25. The number of halogens is 3. The van der Waals surface area contributed by atoms with Crippen LogP contribution in [-0.4, -0.2) is 55.6 Å². The van der Waals surface area contributed by atoms with Crippen molar-refractivity contribution in [1.82, 2.24) is 4.90 Å². The van der Waals surface area contributed by atoms with Crippen molar-refractivity contribution >= 4 is 17.5 Å². The lowest BCUT2D eigenvalue weighted by atomic mass is 10.0. The molecule has 10 heteroatoms. The van der Waals surface area contributed by atoms with E-state index in [2.05, 4.69) is 0 Å². The molecule has 0 saturated carbocycles. The van der Waals surface area contributed by atoms with E-state index in [9.17, 15) is 22.8 Å². The number of benzene rings is 1. The number of piperazine rings is 1. The minimum atomic E-state index is -4.68. The van der Waals surface area contributed by atoms with Crippen molar-refractivity contribution in [2.75, 3.05) is 37.7 Å². The van der Waals surface area contributed by atoms with Gasteiger partial charge in [0.25, 0.3) is 0 Å². The van der Waals surface area contributed by atoms with Crippen LogP contribution in [-0.2, 0) is 20.5 Å². The fourth-order valence-corrected chi connectivity index (χ4v) is 2.89. The molecule has 1 aromatic carbocycles. The van der Waals surface area contributed by atoms with Crippen LogP contribution in [0.3, 0.4) is 0 Å². The molecule has 2 amide bonds. The third-order valence-corrected chi connectivity index (χ3v) is 4.25. The Balaban J connectivity index is 2.26. The van der Waals surface area contributed by atoms with Gasteiger partial charge in [0.05, 0.1) is 17.2 Å². The van der Waals surface area contributed by atoms with Crippen molar-refractivity contribution in [3.8, 4) is 6.07 Å². The highest BCUT2D eigenvalue weighted by Crippen LogP contribution is 2.34. The number of anilines is 1. The number of rotatable bonds is 5. The first kappa shape index (κ1) is 20.5. The molecule has 1 aromatic rings. The van der Waals surface area contributed by atoms with Crippen molar-refractivity contribution in [3.05, 3.63) is 29.3 Å². The number of carbonyl (C=O) groups is 2. The topological polar surface area (TPSA) is 99.7 Å². The number of nitrogens with zero attached hydrogens (tertiary/aromatic N) is 3. The largest absolute Gasteiger partial charge is 0.417 e. The van der Waals surface area contributed by atoms with Gasteiger partial charge in [-0.05, 0) is 25.1 Å². The summed E-state index contributed by atoms with van der Waals surface area (Å²) in [5.74, 6) is -1.16. The second-order valence-electron chi connectivity index (χ2n) is 5.93. The number of primary amides is 1. The zero-order valence-corrected chi connectivity index (χ0v) is 14.6. The highest BCUT2D eigenvalue weighted by Gasteiger charge is 2.37. The van der Waals surface area contributed by atoms with Gasteiger partial charge in [-0.25, -0.2) is 0 Å². The number of ether oxygens (including phenoxy) is 1.